The Morgan fingerprint density at radius 2 is 2.00 bits per heavy atom. The van der Waals surface area contributed by atoms with Gasteiger partial charge in [-0.15, -0.1) is 10.2 Å². The molecule has 108 valence electrons. The Labute approximate surface area is 121 Å². The van der Waals surface area contributed by atoms with Crippen LogP contribution in [0.3, 0.4) is 0 Å². The zero-order valence-electron chi connectivity index (χ0n) is 10.6. The molecule has 0 atom stereocenters. The molecule has 0 aliphatic heterocycles. The van der Waals surface area contributed by atoms with Crippen LogP contribution < -0.4 is 5.73 Å². The van der Waals surface area contributed by atoms with Gasteiger partial charge in [0.05, 0.1) is 12.1 Å². The van der Waals surface area contributed by atoms with Crippen molar-refractivity contribution in [2.75, 3.05) is 0 Å². The van der Waals surface area contributed by atoms with Gasteiger partial charge in [0, 0.05) is 16.6 Å². The van der Waals surface area contributed by atoms with Crippen molar-refractivity contribution in [3.8, 4) is 11.4 Å². The van der Waals surface area contributed by atoms with Crippen LogP contribution in [-0.2, 0) is 19.3 Å². The second-order valence-corrected chi connectivity index (χ2v) is 4.93. The Bertz CT molecular complexity index is 622. The first-order valence-corrected chi connectivity index (χ1v) is 6.67. The average Bonchev–Trinajstić information content (AvgIpc) is 2.80. The van der Waals surface area contributed by atoms with Crippen LogP contribution in [0.5, 0.6) is 0 Å². The standard InChI is InChI=1S/C12H12BrF3N4/c1-2-20-10(6-17)18-19-11(20)8-5-7(12(14,15)16)3-4-9(8)13/h3-5H,2,6,17H2,1H3. The molecule has 1 aromatic heterocycles. The molecule has 1 aromatic carbocycles. The lowest BCUT2D eigenvalue weighted by Gasteiger charge is -2.11. The van der Waals surface area contributed by atoms with Crippen molar-refractivity contribution in [2.24, 2.45) is 5.73 Å². The summed E-state index contributed by atoms with van der Waals surface area (Å²) in [5.41, 5.74) is 5.16. The molecular formula is C12H12BrF3N4. The first-order valence-electron chi connectivity index (χ1n) is 5.87. The van der Waals surface area contributed by atoms with Gasteiger partial charge in [0.1, 0.15) is 5.82 Å². The van der Waals surface area contributed by atoms with Crippen LogP contribution in [-0.4, -0.2) is 14.8 Å². The minimum Gasteiger partial charge on any atom is -0.324 e. The predicted octanol–water partition coefficient (Wildman–Crippen LogP) is 3.21. The molecule has 0 fully saturated rings. The lowest BCUT2D eigenvalue weighted by Crippen LogP contribution is -2.09. The summed E-state index contributed by atoms with van der Waals surface area (Å²) >= 11 is 3.25. The maximum atomic E-state index is 12.8. The van der Waals surface area contributed by atoms with E-state index in [-0.39, 0.29) is 6.54 Å². The second-order valence-electron chi connectivity index (χ2n) is 4.08. The summed E-state index contributed by atoms with van der Waals surface area (Å²) in [6.45, 7) is 2.56. The number of rotatable bonds is 3. The maximum absolute atomic E-state index is 12.8. The van der Waals surface area contributed by atoms with E-state index in [1.165, 1.54) is 6.07 Å². The van der Waals surface area contributed by atoms with Gasteiger partial charge in [0.2, 0.25) is 0 Å². The van der Waals surface area contributed by atoms with E-state index in [1.807, 2.05) is 6.92 Å². The zero-order valence-corrected chi connectivity index (χ0v) is 12.2. The monoisotopic (exact) mass is 348 g/mol. The molecule has 4 nitrogen and oxygen atoms in total. The van der Waals surface area contributed by atoms with Gasteiger partial charge in [-0.1, -0.05) is 15.9 Å². The summed E-state index contributed by atoms with van der Waals surface area (Å²) in [4.78, 5) is 0. The average molecular weight is 349 g/mol. The van der Waals surface area contributed by atoms with Gasteiger partial charge < -0.3 is 10.3 Å². The largest absolute Gasteiger partial charge is 0.416 e. The number of nitrogens with zero attached hydrogens (tertiary/aromatic N) is 3. The Hall–Kier alpha value is -1.41. The maximum Gasteiger partial charge on any atom is 0.416 e. The van der Waals surface area contributed by atoms with Crippen LogP contribution in [0.15, 0.2) is 22.7 Å². The summed E-state index contributed by atoms with van der Waals surface area (Å²) in [5.74, 6) is 0.901. The van der Waals surface area contributed by atoms with Gasteiger partial charge in [-0.2, -0.15) is 13.2 Å². The van der Waals surface area contributed by atoms with Gasteiger partial charge in [0.25, 0.3) is 0 Å². The van der Waals surface area contributed by atoms with Crippen LogP contribution in [0.4, 0.5) is 13.2 Å². The Balaban J connectivity index is 2.60. The molecule has 0 saturated heterocycles. The van der Waals surface area contributed by atoms with E-state index >= 15 is 0 Å². The predicted molar refractivity (Wildman–Crippen MR) is 71.7 cm³/mol. The molecule has 0 unspecified atom stereocenters. The molecule has 2 aromatic rings. The molecule has 0 saturated carbocycles. The number of alkyl halides is 3. The minimum absolute atomic E-state index is 0.178. The van der Waals surface area contributed by atoms with E-state index in [2.05, 4.69) is 26.1 Å². The molecule has 8 heteroatoms. The summed E-state index contributed by atoms with van der Waals surface area (Å²) in [6, 6.07) is 3.43. The highest BCUT2D eigenvalue weighted by atomic mass is 79.9. The van der Waals surface area contributed by atoms with Crippen molar-refractivity contribution in [2.45, 2.75) is 26.2 Å². The summed E-state index contributed by atoms with van der Waals surface area (Å²) < 4.78 is 40.6. The SMILES string of the molecule is CCn1c(CN)nnc1-c1cc(C(F)(F)F)ccc1Br. The Morgan fingerprint density at radius 3 is 2.55 bits per heavy atom. The van der Waals surface area contributed by atoms with Crippen molar-refractivity contribution in [1.29, 1.82) is 0 Å². The highest BCUT2D eigenvalue weighted by Gasteiger charge is 2.31. The van der Waals surface area contributed by atoms with E-state index < -0.39 is 11.7 Å². The number of hydrogen-bond acceptors (Lipinski definition) is 3. The van der Waals surface area contributed by atoms with E-state index in [4.69, 9.17) is 5.73 Å². The first kappa shape index (κ1) is 15.0. The van der Waals surface area contributed by atoms with Gasteiger partial charge >= 0.3 is 6.18 Å². The molecule has 0 spiro atoms. The van der Waals surface area contributed by atoms with Gasteiger partial charge in [-0.3, -0.25) is 0 Å². The van der Waals surface area contributed by atoms with Crippen molar-refractivity contribution in [1.82, 2.24) is 14.8 Å². The van der Waals surface area contributed by atoms with E-state index in [0.29, 0.717) is 28.2 Å². The molecule has 0 radical (unpaired) electrons. The molecule has 1 heterocycles. The number of aromatic nitrogens is 3. The third-order valence-electron chi connectivity index (χ3n) is 2.86. The smallest absolute Gasteiger partial charge is 0.324 e. The quantitative estimate of drug-likeness (QED) is 0.926. The van der Waals surface area contributed by atoms with Gasteiger partial charge in [-0.05, 0) is 25.1 Å². The number of halogens is 4. The number of hydrogen-bond donors (Lipinski definition) is 1. The van der Waals surface area contributed by atoms with Crippen LogP contribution in [0, 0.1) is 0 Å². The Morgan fingerprint density at radius 1 is 1.30 bits per heavy atom. The highest BCUT2D eigenvalue weighted by Crippen LogP contribution is 2.35. The lowest BCUT2D eigenvalue weighted by atomic mass is 10.1. The second kappa shape index (κ2) is 5.53. The van der Waals surface area contributed by atoms with Crippen LogP contribution >= 0.6 is 15.9 Å². The molecule has 2 rings (SSSR count). The van der Waals surface area contributed by atoms with Crippen LogP contribution in [0.25, 0.3) is 11.4 Å². The fraction of sp³-hybridized carbons (Fsp3) is 0.333. The molecule has 0 aliphatic carbocycles. The zero-order chi connectivity index (χ0) is 14.9. The third kappa shape index (κ3) is 2.71. The molecule has 2 N–H and O–H groups in total. The van der Waals surface area contributed by atoms with E-state index in [9.17, 15) is 13.2 Å². The van der Waals surface area contributed by atoms with E-state index in [0.717, 1.165) is 12.1 Å². The minimum atomic E-state index is -4.40. The third-order valence-corrected chi connectivity index (χ3v) is 3.55. The van der Waals surface area contributed by atoms with Crippen molar-refractivity contribution >= 4 is 15.9 Å². The summed E-state index contributed by atoms with van der Waals surface area (Å²) in [7, 11) is 0. The van der Waals surface area contributed by atoms with Gasteiger partial charge in [-0.25, -0.2) is 0 Å². The van der Waals surface area contributed by atoms with Crippen molar-refractivity contribution in [3.63, 3.8) is 0 Å². The van der Waals surface area contributed by atoms with E-state index in [1.54, 1.807) is 4.57 Å². The fourth-order valence-electron chi connectivity index (χ4n) is 1.89. The molecule has 0 bridgehead atoms. The summed E-state index contributed by atoms with van der Waals surface area (Å²) in [5, 5.41) is 7.85. The fourth-order valence-corrected chi connectivity index (χ4v) is 2.31. The first-order chi connectivity index (χ1) is 9.38. The van der Waals surface area contributed by atoms with Crippen LogP contribution in [0.2, 0.25) is 0 Å². The highest BCUT2D eigenvalue weighted by molar-refractivity contribution is 9.10. The normalized spacial score (nSPS) is 11.9. The molecule has 20 heavy (non-hydrogen) atoms. The molecular weight excluding hydrogens is 337 g/mol. The number of nitrogens with two attached hydrogens (primary N) is 1. The topological polar surface area (TPSA) is 56.7 Å². The number of benzene rings is 1. The van der Waals surface area contributed by atoms with Gasteiger partial charge in [0.15, 0.2) is 5.82 Å². The van der Waals surface area contributed by atoms with Crippen molar-refractivity contribution < 1.29 is 13.2 Å². The molecule has 0 amide bonds. The summed E-state index contributed by atoms with van der Waals surface area (Å²) in [6.07, 6.45) is -4.40. The molecule has 0 aliphatic rings. The Kier molecular flexibility index (Phi) is 4.14. The van der Waals surface area contributed by atoms with Crippen LogP contribution in [0.1, 0.15) is 18.3 Å². The lowest BCUT2D eigenvalue weighted by molar-refractivity contribution is -0.137. The van der Waals surface area contributed by atoms with Crippen molar-refractivity contribution in [3.05, 3.63) is 34.1 Å².